The molecule has 0 aromatic carbocycles. The van der Waals surface area contributed by atoms with Gasteiger partial charge in [-0.3, -0.25) is 9.58 Å². The van der Waals surface area contributed by atoms with Crippen LogP contribution in [-0.2, 0) is 22.7 Å². The number of carboxylic acid groups (broad SMARTS) is 2. The van der Waals surface area contributed by atoms with E-state index in [-0.39, 0.29) is 6.10 Å². The number of hydrogen-bond acceptors (Lipinski definition) is 9. The number of carboxylic acids is 2. The first-order valence-corrected chi connectivity index (χ1v) is 12.1. The molecule has 0 saturated carbocycles. The lowest BCUT2D eigenvalue weighted by atomic mass is 9.97. The van der Waals surface area contributed by atoms with Crippen LogP contribution < -0.4 is 4.90 Å². The highest BCUT2D eigenvalue weighted by Crippen LogP contribution is 2.23. The van der Waals surface area contributed by atoms with E-state index in [1.54, 1.807) is 6.20 Å². The summed E-state index contributed by atoms with van der Waals surface area (Å²) in [6.07, 6.45) is -3.65. The molecule has 226 valence electrons. The number of likely N-dealkylation sites (tertiary alicyclic amines) is 1. The number of hydrogen-bond donors (Lipinski definition) is 3. The largest absolute Gasteiger partial charge is 0.490 e. The Morgan fingerprint density at radius 3 is 2.02 bits per heavy atom. The van der Waals surface area contributed by atoms with Gasteiger partial charge in [0.1, 0.15) is 11.9 Å². The summed E-state index contributed by atoms with van der Waals surface area (Å²) in [7, 11) is 0. The monoisotopic (exact) mass is 595 g/mol. The van der Waals surface area contributed by atoms with E-state index in [0.29, 0.717) is 11.5 Å². The first kappa shape index (κ1) is 33.2. The quantitative estimate of drug-likeness (QED) is 0.434. The Morgan fingerprint density at radius 1 is 1.00 bits per heavy atom. The Balaban J connectivity index is 0.000000349. The SMILES string of the molecule is N#Cc1ccc(N2CCC(Cn3cc(CN4CC[C@@H](O)C4)nn3)CC2)nc1.O=C(O)C(F)(F)F.O=C(O)C(F)(F)F. The number of piperidine rings is 1. The predicted molar refractivity (Wildman–Crippen MR) is 127 cm³/mol. The number of anilines is 1. The van der Waals surface area contributed by atoms with Crippen molar-refractivity contribution in [1.29, 1.82) is 5.26 Å². The number of pyridine rings is 1. The summed E-state index contributed by atoms with van der Waals surface area (Å²) in [6.45, 7) is 5.25. The molecular formula is C23H27F6N7O5. The molecule has 18 heteroatoms. The Bertz CT molecular complexity index is 1150. The van der Waals surface area contributed by atoms with Gasteiger partial charge in [-0.15, -0.1) is 5.10 Å². The van der Waals surface area contributed by atoms with Crippen LogP contribution >= 0.6 is 0 Å². The maximum absolute atomic E-state index is 10.6. The number of β-amino-alcohol motifs (C(OH)–C–C–N with tert-alkyl or cyclic N) is 1. The number of halogens is 6. The number of aliphatic carboxylic acids is 2. The van der Waals surface area contributed by atoms with E-state index < -0.39 is 24.3 Å². The number of nitrogens with zero attached hydrogens (tertiary/aromatic N) is 7. The molecule has 2 fully saturated rings. The Labute approximate surface area is 229 Å². The van der Waals surface area contributed by atoms with E-state index >= 15 is 0 Å². The second kappa shape index (κ2) is 14.6. The number of aromatic nitrogens is 4. The van der Waals surface area contributed by atoms with Gasteiger partial charge < -0.3 is 20.2 Å². The van der Waals surface area contributed by atoms with E-state index in [1.807, 2.05) is 23.0 Å². The standard InChI is InChI=1S/C19H25N7O.2C2HF3O2/c20-9-16-1-2-19(21-10-16)25-7-3-15(4-8-25)11-26-13-17(22-23-26)12-24-6-5-18(27)14-24;2*3-2(4,5)1(6)7/h1-2,10,13,15,18,27H,3-8,11-12,14H2;2*(H,6,7)/t18-;;/m1../s1. The van der Waals surface area contributed by atoms with E-state index in [4.69, 9.17) is 25.1 Å². The van der Waals surface area contributed by atoms with Crippen molar-refractivity contribution in [3.05, 3.63) is 35.8 Å². The first-order chi connectivity index (χ1) is 19.1. The van der Waals surface area contributed by atoms with Crippen LogP contribution in [0.4, 0.5) is 32.2 Å². The van der Waals surface area contributed by atoms with Crippen molar-refractivity contribution in [1.82, 2.24) is 24.9 Å². The van der Waals surface area contributed by atoms with Crippen LogP contribution in [0.3, 0.4) is 0 Å². The predicted octanol–water partition coefficient (Wildman–Crippen LogP) is 2.29. The molecule has 4 heterocycles. The lowest BCUT2D eigenvalue weighted by Crippen LogP contribution is -2.35. The zero-order valence-corrected chi connectivity index (χ0v) is 21.4. The molecule has 12 nitrogen and oxygen atoms in total. The zero-order chi connectivity index (χ0) is 30.8. The van der Waals surface area contributed by atoms with E-state index in [9.17, 15) is 31.4 Å². The van der Waals surface area contributed by atoms with Gasteiger partial charge in [-0.25, -0.2) is 14.6 Å². The Kier molecular flexibility index (Phi) is 11.8. The highest BCUT2D eigenvalue weighted by Gasteiger charge is 2.38. The number of aliphatic hydroxyl groups is 1. The number of alkyl halides is 6. The molecule has 0 spiro atoms. The molecule has 2 aromatic heterocycles. The Hall–Kier alpha value is -3.98. The zero-order valence-electron chi connectivity index (χ0n) is 21.4. The fraction of sp³-hybridized carbons (Fsp3) is 0.565. The number of carbonyl (C=O) groups is 2. The highest BCUT2D eigenvalue weighted by molar-refractivity contribution is 5.73. The van der Waals surface area contributed by atoms with Crippen LogP contribution in [0.2, 0.25) is 0 Å². The van der Waals surface area contributed by atoms with Gasteiger partial charge in [0.25, 0.3) is 0 Å². The smallest absolute Gasteiger partial charge is 0.475 e. The summed E-state index contributed by atoms with van der Waals surface area (Å²) < 4.78 is 65.4. The molecule has 41 heavy (non-hydrogen) atoms. The maximum Gasteiger partial charge on any atom is 0.490 e. The average molecular weight is 596 g/mol. The summed E-state index contributed by atoms with van der Waals surface area (Å²) in [5, 5.41) is 41.3. The Morgan fingerprint density at radius 2 is 1.59 bits per heavy atom. The summed E-state index contributed by atoms with van der Waals surface area (Å²) >= 11 is 0. The molecule has 0 radical (unpaired) electrons. The molecule has 0 unspecified atom stereocenters. The molecule has 2 saturated heterocycles. The van der Waals surface area contributed by atoms with Crippen LogP contribution in [-0.4, -0.2) is 96.8 Å². The van der Waals surface area contributed by atoms with Crippen LogP contribution in [0.15, 0.2) is 24.5 Å². The van der Waals surface area contributed by atoms with Gasteiger partial charge in [-0.2, -0.15) is 31.6 Å². The summed E-state index contributed by atoms with van der Waals surface area (Å²) in [5.41, 5.74) is 1.57. The van der Waals surface area contributed by atoms with Crippen molar-refractivity contribution >= 4 is 17.8 Å². The van der Waals surface area contributed by atoms with Crippen LogP contribution in [0.5, 0.6) is 0 Å². The van der Waals surface area contributed by atoms with Crippen molar-refractivity contribution in [2.24, 2.45) is 5.92 Å². The fourth-order valence-electron chi connectivity index (χ4n) is 3.93. The second-order valence-electron chi connectivity index (χ2n) is 9.16. The molecule has 3 N–H and O–H groups in total. The molecule has 4 rings (SSSR count). The van der Waals surface area contributed by atoms with E-state index in [1.165, 1.54) is 0 Å². The molecule has 2 aliphatic rings. The van der Waals surface area contributed by atoms with Gasteiger partial charge in [0.15, 0.2) is 0 Å². The minimum atomic E-state index is -5.08. The van der Waals surface area contributed by atoms with Crippen molar-refractivity contribution < 1.29 is 51.3 Å². The third-order valence-electron chi connectivity index (χ3n) is 5.96. The van der Waals surface area contributed by atoms with Crippen molar-refractivity contribution in [3.8, 4) is 6.07 Å². The van der Waals surface area contributed by atoms with Gasteiger partial charge in [0.2, 0.25) is 0 Å². The van der Waals surface area contributed by atoms with E-state index in [0.717, 1.165) is 70.0 Å². The minimum Gasteiger partial charge on any atom is -0.475 e. The number of nitriles is 1. The minimum absolute atomic E-state index is 0.198. The normalized spacial score (nSPS) is 18.0. The number of rotatable bonds is 5. The fourth-order valence-corrected chi connectivity index (χ4v) is 3.93. The molecule has 0 amide bonds. The third-order valence-corrected chi connectivity index (χ3v) is 5.96. The van der Waals surface area contributed by atoms with Crippen molar-refractivity contribution in [2.45, 2.75) is 50.8 Å². The van der Waals surface area contributed by atoms with Gasteiger partial charge in [0.05, 0.1) is 17.4 Å². The van der Waals surface area contributed by atoms with Gasteiger partial charge in [-0.05, 0) is 37.3 Å². The first-order valence-electron chi connectivity index (χ1n) is 12.1. The molecule has 0 bridgehead atoms. The number of aliphatic hydroxyl groups excluding tert-OH is 1. The molecular weight excluding hydrogens is 568 g/mol. The summed E-state index contributed by atoms with van der Waals surface area (Å²) in [4.78, 5) is 26.7. The average Bonchev–Trinajstić information content (AvgIpc) is 3.52. The lowest BCUT2D eigenvalue weighted by molar-refractivity contribution is -0.193. The molecule has 2 aliphatic heterocycles. The van der Waals surface area contributed by atoms with E-state index in [2.05, 4.69) is 31.2 Å². The molecule has 0 aliphatic carbocycles. The topological polar surface area (TPSA) is 169 Å². The van der Waals surface area contributed by atoms with Crippen LogP contribution in [0.1, 0.15) is 30.5 Å². The summed E-state index contributed by atoms with van der Waals surface area (Å²) in [5.74, 6) is -3.98. The molecule has 2 aromatic rings. The summed E-state index contributed by atoms with van der Waals surface area (Å²) in [6, 6.07) is 5.86. The van der Waals surface area contributed by atoms with Crippen LogP contribution in [0, 0.1) is 17.2 Å². The molecule has 1 atom stereocenters. The van der Waals surface area contributed by atoms with Crippen molar-refractivity contribution in [3.63, 3.8) is 0 Å². The lowest BCUT2D eigenvalue weighted by Gasteiger charge is -2.32. The van der Waals surface area contributed by atoms with Crippen LogP contribution in [0.25, 0.3) is 0 Å². The van der Waals surface area contributed by atoms with Gasteiger partial charge in [-0.1, -0.05) is 5.21 Å². The third kappa shape index (κ3) is 11.6. The maximum atomic E-state index is 10.6. The van der Waals surface area contributed by atoms with Crippen molar-refractivity contribution in [2.75, 3.05) is 31.1 Å². The van der Waals surface area contributed by atoms with Gasteiger partial charge >= 0.3 is 24.3 Å². The van der Waals surface area contributed by atoms with Gasteiger partial charge in [0, 0.05) is 51.7 Å². The highest BCUT2D eigenvalue weighted by atomic mass is 19.4. The second-order valence-corrected chi connectivity index (χ2v) is 9.16.